The van der Waals surface area contributed by atoms with Crippen LogP contribution in [0.3, 0.4) is 0 Å². The number of hydrogen-bond donors (Lipinski definition) is 1. The standard InChI is InChI=1S/C12H19BrN2/c1-3-8-15(2)12-5-4-10(6-7-14)9-11(12)13/h4-5,9H,3,6-8,14H2,1-2H3. The highest BCUT2D eigenvalue weighted by Crippen LogP contribution is 2.26. The van der Waals surface area contributed by atoms with Crippen molar-refractivity contribution in [2.45, 2.75) is 19.8 Å². The van der Waals surface area contributed by atoms with E-state index < -0.39 is 0 Å². The maximum Gasteiger partial charge on any atom is 0.0508 e. The van der Waals surface area contributed by atoms with Crippen molar-refractivity contribution in [3.05, 3.63) is 28.2 Å². The van der Waals surface area contributed by atoms with Crippen LogP contribution < -0.4 is 10.6 Å². The molecule has 0 saturated heterocycles. The average molecular weight is 271 g/mol. The van der Waals surface area contributed by atoms with Crippen LogP contribution in [0.5, 0.6) is 0 Å². The SMILES string of the molecule is CCCN(C)c1ccc(CCN)cc1Br. The monoisotopic (exact) mass is 270 g/mol. The molecule has 0 unspecified atom stereocenters. The smallest absolute Gasteiger partial charge is 0.0508 e. The lowest BCUT2D eigenvalue weighted by Gasteiger charge is -2.20. The predicted octanol–water partition coefficient (Wildman–Crippen LogP) is 2.80. The summed E-state index contributed by atoms with van der Waals surface area (Å²) in [5.74, 6) is 0. The van der Waals surface area contributed by atoms with Gasteiger partial charge in [-0.05, 0) is 53.0 Å². The van der Waals surface area contributed by atoms with E-state index in [0.29, 0.717) is 6.54 Å². The van der Waals surface area contributed by atoms with Crippen molar-refractivity contribution in [2.24, 2.45) is 5.73 Å². The van der Waals surface area contributed by atoms with Crippen molar-refractivity contribution >= 4 is 21.6 Å². The van der Waals surface area contributed by atoms with E-state index in [2.05, 4.69) is 53.0 Å². The number of nitrogens with two attached hydrogens (primary N) is 1. The molecule has 0 fully saturated rings. The molecule has 0 heterocycles. The summed E-state index contributed by atoms with van der Waals surface area (Å²) in [6.45, 7) is 3.97. The van der Waals surface area contributed by atoms with Crippen molar-refractivity contribution < 1.29 is 0 Å². The lowest BCUT2D eigenvalue weighted by Crippen LogP contribution is -2.18. The first-order valence-corrected chi connectivity index (χ1v) is 6.18. The minimum atomic E-state index is 0.705. The zero-order chi connectivity index (χ0) is 11.3. The fraction of sp³-hybridized carbons (Fsp3) is 0.500. The molecule has 0 amide bonds. The number of rotatable bonds is 5. The highest BCUT2D eigenvalue weighted by molar-refractivity contribution is 9.10. The molecule has 2 N–H and O–H groups in total. The van der Waals surface area contributed by atoms with Crippen molar-refractivity contribution in [2.75, 3.05) is 25.0 Å². The fourth-order valence-electron chi connectivity index (χ4n) is 1.64. The Hall–Kier alpha value is -0.540. The van der Waals surface area contributed by atoms with E-state index in [0.717, 1.165) is 23.9 Å². The summed E-state index contributed by atoms with van der Waals surface area (Å²) >= 11 is 3.61. The van der Waals surface area contributed by atoms with Crippen molar-refractivity contribution in [3.8, 4) is 0 Å². The first kappa shape index (κ1) is 12.5. The van der Waals surface area contributed by atoms with E-state index in [1.165, 1.54) is 11.3 Å². The Morgan fingerprint density at radius 1 is 1.40 bits per heavy atom. The molecular weight excluding hydrogens is 252 g/mol. The van der Waals surface area contributed by atoms with E-state index in [1.54, 1.807) is 0 Å². The van der Waals surface area contributed by atoms with Crippen LogP contribution in [0.25, 0.3) is 0 Å². The molecule has 0 aromatic heterocycles. The maximum absolute atomic E-state index is 5.53. The normalized spacial score (nSPS) is 10.4. The molecule has 0 bridgehead atoms. The van der Waals surface area contributed by atoms with Gasteiger partial charge in [0, 0.05) is 18.1 Å². The minimum absolute atomic E-state index is 0.705. The first-order valence-electron chi connectivity index (χ1n) is 5.38. The Kier molecular flexibility index (Phi) is 5.12. The van der Waals surface area contributed by atoms with Crippen molar-refractivity contribution in [3.63, 3.8) is 0 Å². The first-order chi connectivity index (χ1) is 7.19. The summed E-state index contributed by atoms with van der Waals surface area (Å²) in [7, 11) is 2.12. The average Bonchev–Trinajstić information content (AvgIpc) is 2.18. The fourth-order valence-corrected chi connectivity index (χ4v) is 2.37. The second kappa shape index (κ2) is 6.13. The van der Waals surface area contributed by atoms with Gasteiger partial charge in [0.2, 0.25) is 0 Å². The van der Waals surface area contributed by atoms with Crippen LogP contribution in [0.2, 0.25) is 0 Å². The van der Waals surface area contributed by atoms with Gasteiger partial charge >= 0.3 is 0 Å². The third kappa shape index (κ3) is 3.50. The van der Waals surface area contributed by atoms with E-state index in [4.69, 9.17) is 5.73 Å². The Bertz CT molecular complexity index is 312. The molecule has 0 atom stereocenters. The summed E-state index contributed by atoms with van der Waals surface area (Å²) in [5, 5.41) is 0. The van der Waals surface area contributed by atoms with Gasteiger partial charge in [-0.15, -0.1) is 0 Å². The molecule has 15 heavy (non-hydrogen) atoms. The van der Waals surface area contributed by atoms with Crippen LogP contribution in [0.4, 0.5) is 5.69 Å². The molecule has 1 aromatic rings. The van der Waals surface area contributed by atoms with E-state index in [1.807, 2.05) is 0 Å². The van der Waals surface area contributed by atoms with Crippen LogP contribution in [-0.2, 0) is 6.42 Å². The van der Waals surface area contributed by atoms with Gasteiger partial charge in [0.25, 0.3) is 0 Å². The van der Waals surface area contributed by atoms with Gasteiger partial charge in [-0.25, -0.2) is 0 Å². The molecule has 3 heteroatoms. The van der Waals surface area contributed by atoms with Gasteiger partial charge in [0.1, 0.15) is 0 Å². The van der Waals surface area contributed by atoms with Crippen LogP contribution in [0.1, 0.15) is 18.9 Å². The van der Waals surface area contributed by atoms with Gasteiger partial charge in [-0.3, -0.25) is 0 Å². The second-order valence-electron chi connectivity index (χ2n) is 3.75. The predicted molar refractivity (Wildman–Crippen MR) is 70.5 cm³/mol. The molecule has 2 nitrogen and oxygen atoms in total. The van der Waals surface area contributed by atoms with E-state index >= 15 is 0 Å². The third-order valence-electron chi connectivity index (χ3n) is 2.42. The van der Waals surface area contributed by atoms with Gasteiger partial charge in [-0.1, -0.05) is 13.0 Å². The summed E-state index contributed by atoms with van der Waals surface area (Å²) in [5.41, 5.74) is 8.07. The van der Waals surface area contributed by atoms with Crippen LogP contribution in [0, 0.1) is 0 Å². The topological polar surface area (TPSA) is 29.3 Å². The summed E-state index contributed by atoms with van der Waals surface area (Å²) in [6.07, 6.45) is 2.10. The molecular formula is C12H19BrN2. The number of benzene rings is 1. The summed E-state index contributed by atoms with van der Waals surface area (Å²) in [6, 6.07) is 6.47. The van der Waals surface area contributed by atoms with Crippen molar-refractivity contribution in [1.82, 2.24) is 0 Å². The molecule has 0 aliphatic carbocycles. The third-order valence-corrected chi connectivity index (χ3v) is 3.05. The lowest BCUT2D eigenvalue weighted by molar-refractivity contribution is 0.849. The van der Waals surface area contributed by atoms with Crippen molar-refractivity contribution in [1.29, 1.82) is 0 Å². The zero-order valence-corrected chi connectivity index (χ0v) is 11.0. The maximum atomic E-state index is 5.53. The van der Waals surface area contributed by atoms with Gasteiger partial charge < -0.3 is 10.6 Å². The number of anilines is 1. The Morgan fingerprint density at radius 3 is 2.67 bits per heavy atom. The quantitative estimate of drug-likeness (QED) is 0.892. The second-order valence-corrected chi connectivity index (χ2v) is 4.60. The molecule has 0 spiro atoms. The van der Waals surface area contributed by atoms with E-state index in [-0.39, 0.29) is 0 Å². The Labute approximate surface area is 101 Å². The van der Waals surface area contributed by atoms with Gasteiger partial charge in [0.05, 0.1) is 5.69 Å². The molecule has 84 valence electrons. The van der Waals surface area contributed by atoms with Crippen LogP contribution in [0.15, 0.2) is 22.7 Å². The Morgan fingerprint density at radius 2 is 2.13 bits per heavy atom. The molecule has 1 rings (SSSR count). The highest BCUT2D eigenvalue weighted by Gasteiger charge is 2.05. The highest BCUT2D eigenvalue weighted by atomic mass is 79.9. The van der Waals surface area contributed by atoms with Crippen LogP contribution >= 0.6 is 15.9 Å². The summed E-state index contributed by atoms with van der Waals surface area (Å²) in [4.78, 5) is 2.26. The minimum Gasteiger partial charge on any atom is -0.374 e. The summed E-state index contributed by atoms with van der Waals surface area (Å²) < 4.78 is 1.16. The molecule has 0 saturated carbocycles. The lowest BCUT2D eigenvalue weighted by atomic mass is 10.1. The molecule has 0 aliphatic heterocycles. The largest absolute Gasteiger partial charge is 0.374 e. The zero-order valence-electron chi connectivity index (χ0n) is 9.46. The van der Waals surface area contributed by atoms with Gasteiger partial charge in [-0.2, -0.15) is 0 Å². The number of hydrogen-bond acceptors (Lipinski definition) is 2. The number of halogens is 1. The Balaban J connectivity index is 2.82. The molecule has 0 aliphatic rings. The molecule has 1 aromatic carbocycles. The number of nitrogens with zero attached hydrogens (tertiary/aromatic N) is 1. The molecule has 0 radical (unpaired) electrons. The van der Waals surface area contributed by atoms with E-state index in [9.17, 15) is 0 Å². The van der Waals surface area contributed by atoms with Gasteiger partial charge in [0.15, 0.2) is 0 Å². The van der Waals surface area contributed by atoms with Crippen LogP contribution in [-0.4, -0.2) is 20.1 Å².